The van der Waals surface area contributed by atoms with Crippen LogP contribution < -0.4 is 4.90 Å². The van der Waals surface area contributed by atoms with E-state index in [1.807, 2.05) is 12.1 Å². The monoisotopic (exact) mass is 205 g/mol. The van der Waals surface area contributed by atoms with E-state index >= 15 is 0 Å². The zero-order chi connectivity index (χ0) is 10.7. The molecule has 0 aromatic carbocycles. The summed E-state index contributed by atoms with van der Waals surface area (Å²) in [5.41, 5.74) is 0.878. The van der Waals surface area contributed by atoms with Gasteiger partial charge < -0.3 is 10.0 Å². The number of aromatic nitrogens is 1. The molecular weight excluding hydrogens is 190 g/mol. The summed E-state index contributed by atoms with van der Waals surface area (Å²) in [6.07, 6.45) is 1.75. The summed E-state index contributed by atoms with van der Waals surface area (Å²) in [4.78, 5) is 8.27. The second-order valence-electron chi connectivity index (χ2n) is 3.67. The summed E-state index contributed by atoms with van der Waals surface area (Å²) >= 11 is 0. The third kappa shape index (κ3) is 2.27. The third-order valence-electron chi connectivity index (χ3n) is 2.65. The van der Waals surface area contributed by atoms with Crippen molar-refractivity contribution in [3.63, 3.8) is 0 Å². The van der Waals surface area contributed by atoms with E-state index in [4.69, 9.17) is 7.05 Å². The van der Waals surface area contributed by atoms with Gasteiger partial charge in [0.2, 0.25) is 0 Å². The lowest BCUT2D eigenvalue weighted by molar-refractivity contribution is 0.280. The second-order valence-corrected chi connectivity index (χ2v) is 3.67. The molecule has 0 saturated carbocycles. The minimum atomic E-state index is 0.0337. The average molecular weight is 205 g/mol. The maximum absolute atomic E-state index is 9.20. The number of nitrogens with zero attached hydrogens (tertiary/aromatic N) is 3. The molecule has 0 spiro atoms. The Morgan fingerprint density at radius 1 is 1.33 bits per heavy atom. The first-order valence-electron chi connectivity index (χ1n) is 5.10. The van der Waals surface area contributed by atoms with Crippen LogP contribution >= 0.6 is 0 Å². The van der Waals surface area contributed by atoms with E-state index in [0.717, 1.165) is 37.6 Å². The second kappa shape index (κ2) is 4.59. The number of aliphatic hydroxyl groups excluding tert-OH is 1. The molecule has 2 rings (SSSR count). The van der Waals surface area contributed by atoms with Crippen LogP contribution in [0.2, 0.25) is 0 Å². The normalized spacial score (nSPS) is 18.1. The number of hydrogen-bond donors (Lipinski definition) is 1. The summed E-state index contributed by atoms with van der Waals surface area (Å²) in [5, 5.41) is 9.20. The molecule has 1 saturated heterocycles. The minimum Gasteiger partial charge on any atom is -0.392 e. The molecule has 2 radical (unpaired) electrons. The standard InChI is InChI=1S/C11H15N3O/c1-13-5-7-14(8-6-13)11-10(9-15)3-2-4-12-11/h1-4,15H,5-9H2. The molecule has 1 fully saturated rings. The van der Waals surface area contributed by atoms with Crippen LogP contribution in [0.5, 0.6) is 0 Å². The Morgan fingerprint density at radius 3 is 2.73 bits per heavy atom. The number of aliphatic hydroxyl groups is 1. The van der Waals surface area contributed by atoms with Crippen LogP contribution in [0, 0.1) is 7.05 Å². The van der Waals surface area contributed by atoms with Crippen molar-refractivity contribution in [3.05, 3.63) is 30.9 Å². The molecule has 1 aromatic heterocycles. The molecule has 15 heavy (non-hydrogen) atoms. The fourth-order valence-corrected chi connectivity index (χ4v) is 1.77. The lowest BCUT2D eigenvalue weighted by Crippen LogP contribution is -2.44. The van der Waals surface area contributed by atoms with Crippen LogP contribution in [0.4, 0.5) is 5.82 Å². The van der Waals surface area contributed by atoms with Gasteiger partial charge in [-0.1, -0.05) is 6.07 Å². The molecule has 2 heterocycles. The van der Waals surface area contributed by atoms with Gasteiger partial charge in [0.25, 0.3) is 0 Å². The highest BCUT2D eigenvalue weighted by atomic mass is 16.3. The predicted octanol–water partition coefficient (Wildman–Crippen LogP) is 0.364. The highest BCUT2D eigenvalue weighted by Gasteiger charge is 2.17. The van der Waals surface area contributed by atoms with Crippen LogP contribution in [-0.4, -0.2) is 41.2 Å². The van der Waals surface area contributed by atoms with Gasteiger partial charge in [0.05, 0.1) is 6.61 Å². The van der Waals surface area contributed by atoms with Gasteiger partial charge in [0.1, 0.15) is 5.82 Å². The fraction of sp³-hybridized carbons (Fsp3) is 0.455. The molecular formula is C11H15N3O. The van der Waals surface area contributed by atoms with Crippen LogP contribution in [0.15, 0.2) is 18.3 Å². The average Bonchev–Trinajstić information content (AvgIpc) is 2.30. The van der Waals surface area contributed by atoms with E-state index in [2.05, 4.69) is 9.88 Å². The molecule has 0 bridgehead atoms. The van der Waals surface area contributed by atoms with Gasteiger partial charge in [-0.3, -0.25) is 4.90 Å². The van der Waals surface area contributed by atoms with Gasteiger partial charge in [-0.15, -0.1) is 0 Å². The Labute approximate surface area is 90.1 Å². The van der Waals surface area contributed by atoms with Crippen molar-refractivity contribution in [3.8, 4) is 0 Å². The highest BCUT2D eigenvalue weighted by molar-refractivity contribution is 5.46. The molecule has 0 unspecified atom stereocenters. The van der Waals surface area contributed by atoms with Crippen molar-refractivity contribution in [2.24, 2.45) is 0 Å². The van der Waals surface area contributed by atoms with E-state index in [-0.39, 0.29) is 6.61 Å². The summed E-state index contributed by atoms with van der Waals surface area (Å²) in [5.74, 6) is 0.883. The Kier molecular flexibility index (Phi) is 3.18. The molecule has 1 aromatic rings. The van der Waals surface area contributed by atoms with E-state index in [9.17, 15) is 5.11 Å². The topological polar surface area (TPSA) is 39.6 Å². The van der Waals surface area contributed by atoms with Crippen LogP contribution in [0.25, 0.3) is 0 Å². The quantitative estimate of drug-likeness (QED) is 0.757. The van der Waals surface area contributed by atoms with Crippen molar-refractivity contribution in [1.29, 1.82) is 0 Å². The lowest BCUT2D eigenvalue weighted by Gasteiger charge is -2.33. The number of piperazine rings is 1. The van der Waals surface area contributed by atoms with Crippen molar-refractivity contribution >= 4 is 5.82 Å². The third-order valence-corrected chi connectivity index (χ3v) is 2.65. The number of anilines is 1. The highest BCUT2D eigenvalue weighted by Crippen LogP contribution is 2.18. The maximum atomic E-state index is 9.20. The van der Waals surface area contributed by atoms with Gasteiger partial charge in [0.15, 0.2) is 0 Å². The van der Waals surface area contributed by atoms with Crippen molar-refractivity contribution < 1.29 is 5.11 Å². The minimum absolute atomic E-state index is 0.0337. The molecule has 4 heteroatoms. The van der Waals surface area contributed by atoms with E-state index in [0.29, 0.717) is 0 Å². The number of hydrogen-bond acceptors (Lipinski definition) is 4. The number of rotatable bonds is 2. The molecule has 80 valence electrons. The molecule has 1 aliphatic heterocycles. The van der Waals surface area contributed by atoms with Gasteiger partial charge in [-0.05, 0) is 6.07 Å². The SMILES string of the molecule is [CH]N1CCN(c2ncccc2CO)CC1. The maximum Gasteiger partial charge on any atom is 0.134 e. The first-order valence-corrected chi connectivity index (χ1v) is 5.10. The molecule has 4 nitrogen and oxygen atoms in total. The van der Waals surface area contributed by atoms with Gasteiger partial charge in [-0.2, -0.15) is 0 Å². The summed E-state index contributed by atoms with van der Waals surface area (Å²) < 4.78 is 0. The molecule has 0 amide bonds. The molecule has 1 N–H and O–H groups in total. The predicted molar refractivity (Wildman–Crippen MR) is 58.2 cm³/mol. The fourth-order valence-electron chi connectivity index (χ4n) is 1.77. The van der Waals surface area contributed by atoms with Crippen LogP contribution in [-0.2, 0) is 6.61 Å². The first kappa shape index (κ1) is 10.4. The summed E-state index contributed by atoms with van der Waals surface area (Å²) in [6.45, 7) is 3.43. The van der Waals surface area contributed by atoms with Crippen LogP contribution in [0.1, 0.15) is 5.56 Å². The van der Waals surface area contributed by atoms with Crippen molar-refractivity contribution in [1.82, 2.24) is 9.88 Å². The Bertz CT molecular complexity index is 321. The molecule has 1 aliphatic rings. The Balaban J connectivity index is 2.15. The largest absolute Gasteiger partial charge is 0.392 e. The van der Waals surface area contributed by atoms with Crippen LogP contribution in [0.3, 0.4) is 0 Å². The van der Waals surface area contributed by atoms with Crippen molar-refractivity contribution in [2.45, 2.75) is 6.61 Å². The summed E-state index contributed by atoms with van der Waals surface area (Å²) in [6, 6.07) is 3.74. The summed E-state index contributed by atoms with van der Waals surface area (Å²) in [7, 11) is 5.68. The van der Waals surface area contributed by atoms with E-state index in [1.54, 1.807) is 11.1 Å². The lowest BCUT2D eigenvalue weighted by atomic mass is 10.2. The smallest absolute Gasteiger partial charge is 0.134 e. The van der Waals surface area contributed by atoms with Gasteiger partial charge >= 0.3 is 0 Å². The van der Waals surface area contributed by atoms with Gasteiger partial charge in [0, 0.05) is 45.0 Å². The zero-order valence-electron chi connectivity index (χ0n) is 8.63. The molecule has 0 aliphatic carbocycles. The zero-order valence-corrected chi connectivity index (χ0v) is 8.63. The molecule has 0 atom stereocenters. The van der Waals surface area contributed by atoms with E-state index < -0.39 is 0 Å². The van der Waals surface area contributed by atoms with Crippen molar-refractivity contribution in [2.75, 3.05) is 31.1 Å². The Morgan fingerprint density at radius 2 is 2.07 bits per heavy atom. The first-order chi connectivity index (χ1) is 7.31. The van der Waals surface area contributed by atoms with Gasteiger partial charge in [-0.25, -0.2) is 4.98 Å². The van der Waals surface area contributed by atoms with E-state index in [1.165, 1.54) is 0 Å². The Hall–Kier alpha value is -1.13. The number of pyridine rings is 1.